The molecule has 14 heavy (non-hydrogen) atoms. The molecule has 1 atom stereocenters. The van der Waals surface area contributed by atoms with Gasteiger partial charge in [-0.3, -0.25) is 4.79 Å². The fraction of sp³-hybridized carbons (Fsp3) is 0.444. The summed E-state index contributed by atoms with van der Waals surface area (Å²) in [5, 5.41) is 19.4. The van der Waals surface area contributed by atoms with Gasteiger partial charge in [-0.05, 0) is 11.4 Å². The normalized spacial score (nSPS) is 12.7. The maximum absolute atomic E-state index is 11.4. The number of hydrogen-bond acceptors (Lipinski definition) is 5. The zero-order chi connectivity index (χ0) is 10.4. The van der Waals surface area contributed by atoms with Crippen LogP contribution >= 0.6 is 23.1 Å². The van der Waals surface area contributed by atoms with Crippen molar-refractivity contribution in [2.24, 2.45) is 0 Å². The average Bonchev–Trinajstić information content (AvgIpc) is 2.70. The van der Waals surface area contributed by atoms with E-state index in [0.29, 0.717) is 11.5 Å². The summed E-state index contributed by atoms with van der Waals surface area (Å²) in [7, 11) is 0. The Bertz CT molecular complexity index is 272. The van der Waals surface area contributed by atoms with Gasteiger partial charge in [0.1, 0.15) is 0 Å². The number of aliphatic hydroxyl groups excluding tert-OH is 2. The number of thiophene rings is 1. The van der Waals surface area contributed by atoms with Crippen LogP contribution in [-0.4, -0.2) is 40.2 Å². The fourth-order valence-electron chi connectivity index (χ4n) is 0.849. The van der Waals surface area contributed by atoms with Gasteiger partial charge in [0.25, 0.3) is 0 Å². The molecule has 0 aliphatic heterocycles. The second-order valence-corrected chi connectivity index (χ2v) is 4.73. The van der Waals surface area contributed by atoms with Crippen LogP contribution in [0.4, 0.5) is 0 Å². The van der Waals surface area contributed by atoms with E-state index in [1.165, 1.54) is 23.1 Å². The van der Waals surface area contributed by atoms with Crippen LogP contribution in [0.25, 0.3) is 0 Å². The number of carbonyl (C=O) groups is 1. The van der Waals surface area contributed by atoms with Crippen LogP contribution in [0.1, 0.15) is 9.67 Å². The third-order valence-electron chi connectivity index (χ3n) is 1.55. The van der Waals surface area contributed by atoms with Gasteiger partial charge in [0.2, 0.25) is 0 Å². The van der Waals surface area contributed by atoms with E-state index < -0.39 is 6.10 Å². The van der Waals surface area contributed by atoms with Crippen molar-refractivity contribution in [2.45, 2.75) is 6.10 Å². The minimum atomic E-state index is -0.726. The molecule has 1 unspecified atom stereocenters. The van der Waals surface area contributed by atoms with Crippen molar-refractivity contribution < 1.29 is 15.0 Å². The lowest BCUT2D eigenvalue weighted by molar-refractivity contribution is 0.102. The molecule has 1 rings (SSSR count). The van der Waals surface area contributed by atoms with Crippen molar-refractivity contribution in [3.63, 3.8) is 0 Å². The highest BCUT2D eigenvalue weighted by Crippen LogP contribution is 2.13. The summed E-state index contributed by atoms with van der Waals surface area (Å²) < 4.78 is 0. The number of rotatable bonds is 6. The molecule has 0 amide bonds. The first-order valence-corrected chi connectivity index (χ1v) is 6.21. The maximum atomic E-state index is 11.4. The molecule has 0 saturated heterocycles. The van der Waals surface area contributed by atoms with Gasteiger partial charge in [-0.15, -0.1) is 11.3 Å². The van der Waals surface area contributed by atoms with E-state index in [-0.39, 0.29) is 12.4 Å². The van der Waals surface area contributed by atoms with Gasteiger partial charge in [-0.25, -0.2) is 0 Å². The average molecular weight is 232 g/mol. The summed E-state index contributed by atoms with van der Waals surface area (Å²) >= 11 is 2.76. The Balaban J connectivity index is 2.23. The van der Waals surface area contributed by atoms with Crippen molar-refractivity contribution in [1.82, 2.24) is 0 Å². The minimum Gasteiger partial charge on any atom is -0.394 e. The molecule has 3 nitrogen and oxygen atoms in total. The van der Waals surface area contributed by atoms with E-state index in [9.17, 15) is 4.79 Å². The number of ketones is 1. The summed E-state index contributed by atoms with van der Waals surface area (Å²) in [6, 6.07) is 3.63. The lowest BCUT2D eigenvalue weighted by Crippen LogP contribution is -2.16. The molecule has 2 N–H and O–H groups in total. The van der Waals surface area contributed by atoms with Crippen molar-refractivity contribution in [2.75, 3.05) is 18.1 Å². The van der Waals surface area contributed by atoms with Crippen LogP contribution < -0.4 is 0 Å². The molecule has 0 aliphatic carbocycles. The van der Waals surface area contributed by atoms with Crippen LogP contribution in [0.5, 0.6) is 0 Å². The number of thioether (sulfide) groups is 1. The molecular weight excluding hydrogens is 220 g/mol. The fourth-order valence-corrected chi connectivity index (χ4v) is 2.44. The Hall–Kier alpha value is -0.360. The summed E-state index contributed by atoms with van der Waals surface area (Å²) in [5.74, 6) is 0.834. The van der Waals surface area contributed by atoms with Crippen LogP contribution in [0, 0.1) is 0 Å². The molecular formula is C9H12O3S2. The Morgan fingerprint density at radius 1 is 1.64 bits per heavy atom. The maximum Gasteiger partial charge on any atom is 0.182 e. The first-order valence-electron chi connectivity index (χ1n) is 4.17. The van der Waals surface area contributed by atoms with Crippen molar-refractivity contribution in [3.8, 4) is 0 Å². The molecule has 0 aliphatic rings. The highest BCUT2D eigenvalue weighted by molar-refractivity contribution is 8.00. The SMILES string of the molecule is O=C(CSCC(O)CO)c1cccs1. The van der Waals surface area contributed by atoms with E-state index in [0.717, 1.165) is 4.88 Å². The van der Waals surface area contributed by atoms with E-state index in [1.807, 2.05) is 11.4 Å². The van der Waals surface area contributed by atoms with E-state index in [1.54, 1.807) is 6.07 Å². The van der Waals surface area contributed by atoms with Gasteiger partial charge >= 0.3 is 0 Å². The predicted molar refractivity (Wildman–Crippen MR) is 59.1 cm³/mol. The molecule has 5 heteroatoms. The molecule has 1 aromatic heterocycles. The van der Waals surface area contributed by atoms with Crippen LogP contribution in [-0.2, 0) is 0 Å². The Labute approximate surface area is 90.8 Å². The topological polar surface area (TPSA) is 57.5 Å². The molecule has 0 saturated carbocycles. The molecule has 78 valence electrons. The van der Waals surface area contributed by atoms with E-state index in [4.69, 9.17) is 10.2 Å². The van der Waals surface area contributed by atoms with Gasteiger partial charge < -0.3 is 10.2 Å². The monoisotopic (exact) mass is 232 g/mol. The van der Waals surface area contributed by atoms with Crippen LogP contribution in [0.2, 0.25) is 0 Å². The number of aliphatic hydroxyl groups is 2. The Kier molecular flexibility index (Phi) is 5.17. The summed E-state index contributed by atoms with van der Waals surface area (Å²) in [6.45, 7) is -0.250. The Morgan fingerprint density at radius 2 is 2.43 bits per heavy atom. The van der Waals surface area contributed by atoms with E-state index in [2.05, 4.69) is 0 Å². The molecule has 0 spiro atoms. The Morgan fingerprint density at radius 3 is 3.00 bits per heavy atom. The third kappa shape index (κ3) is 3.79. The van der Waals surface area contributed by atoms with Crippen molar-refractivity contribution >= 4 is 28.9 Å². The van der Waals surface area contributed by atoms with Gasteiger partial charge in [0.05, 0.1) is 23.3 Å². The largest absolute Gasteiger partial charge is 0.394 e. The number of Topliss-reactive ketones (excluding diaryl/α,β-unsaturated/α-hetero) is 1. The van der Waals surface area contributed by atoms with E-state index >= 15 is 0 Å². The number of hydrogen-bond donors (Lipinski definition) is 2. The summed E-state index contributed by atoms with van der Waals surface area (Å²) in [5.41, 5.74) is 0. The van der Waals surface area contributed by atoms with Crippen molar-refractivity contribution in [1.29, 1.82) is 0 Å². The molecule has 1 aromatic rings. The lowest BCUT2D eigenvalue weighted by Gasteiger charge is -2.04. The highest BCUT2D eigenvalue weighted by Gasteiger charge is 2.08. The molecule has 0 radical (unpaired) electrons. The van der Waals surface area contributed by atoms with Gasteiger partial charge in [0.15, 0.2) is 5.78 Å². The van der Waals surface area contributed by atoms with Gasteiger partial charge in [-0.2, -0.15) is 11.8 Å². The zero-order valence-corrected chi connectivity index (χ0v) is 9.18. The highest BCUT2D eigenvalue weighted by atomic mass is 32.2. The standard InChI is InChI=1S/C9H12O3S2/c10-4-7(11)5-13-6-8(12)9-2-1-3-14-9/h1-3,7,10-11H,4-6H2. The van der Waals surface area contributed by atoms with Crippen molar-refractivity contribution in [3.05, 3.63) is 22.4 Å². The third-order valence-corrected chi connectivity index (χ3v) is 3.55. The molecule has 0 bridgehead atoms. The first kappa shape index (κ1) is 11.7. The smallest absolute Gasteiger partial charge is 0.182 e. The second-order valence-electron chi connectivity index (χ2n) is 2.75. The minimum absolute atomic E-state index is 0.0788. The lowest BCUT2D eigenvalue weighted by atomic mass is 10.4. The second kappa shape index (κ2) is 6.19. The summed E-state index contributed by atoms with van der Waals surface area (Å²) in [4.78, 5) is 12.2. The quantitative estimate of drug-likeness (QED) is 0.719. The van der Waals surface area contributed by atoms with Gasteiger partial charge in [-0.1, -0.05) is 6.07 Å². The predicted octanol–water partition coefficient (Wildman–Crippen LogP) is 1.02. The number of carbonyl (C=O) groups excluding carboxylic acids is 1. The molecule has 1 heterocycles. The molecule has 0 aromatic carbocycles. The van der Waals surface area contributed by atoms with Crippen LogP contribution in [0.3, 0.4) is 0 Å². The molecule has 0 fully saturated rings. The first-order chi connectivity index (χ1) is 6.74. The van der Waals surface area contributed by atoms with Crippen LogP contribution in [0.15, 0.2) is 17.5 Å². The zero-order valence-electron chi connectivity index (χ0n) is 7.55. The van der Waals surface area contributed by atoms with Gasteiger partial charge in [0, 0.05) is 5.75 Å². The summed E-state index contributed by atoms with van der Waals surface area (Å²) in [6.07, 6.45) is -0.726.